The summed E-state index contributed by atoms with van der Waals surface area (Å²) in [5.41, 5.74) is 3.82. The molecule has 3 fully saturated rings. The smallest absolute Gasteiger partial charge is 0.118 e. The summed E-state index contributed by atoms with van der Waals surface area (Å²) in [5.74, 6) is 0.944. The summed E-state index contributed by atoms with van der Waals surface area (Å²) in [6, 6.07) is 19.7. The molecule has 0 aliphatic carbocycles. The Morgan fingerprint density at radius 3 is 2.13 bits per heavy atom. The summed E-state index contributed by atoms with van der Waals surface area (Å²) in [6.07, 6.45) is 4.04. The van der Waals surface area contributed by atoms with Gasteiger partial charge in [0.05, 0.1) is 7.11 Å². The third kappa shape index (κ3) is 4.13. The number of hydrogen-bond donors (Lipinski definition) is 0. The second-order valence-corrected chi connectivity index (χ2v) is 10.3. The van der Waals surface area contributed by atoms with Gasteiger partial charge in [-0.05, 0) is 68.1 Å². The molecule has 0 unspecified atom stereocenters. The highest BCUT2D eigenvalue weighted by molar-refractivity contribution is 5.27. The Labute approximate surface area is 187 Å². The van der Waals surface area contributed by atoms with E-state index in [-0.39, 0.29) is 0 Å². The number of likely N-dealkylation sites (tertiary alicyclic amines) is 3. The molecule has 2 aromatic rings. The van der Waals surface area contributed by atoms with Gasteiger partial charge in [-0.2, -0.15) is 0 Å². The Balaban J connectivity index is 1.28. The third-order valence-electron chi connectivity index (χ3n) is 8.17. The lowest BCUT2D eigenvalue weighted by Crippen LogP contribution is -2.63. The summed E-state index contributed by atoms with van der Waals surface area (Å²) >= 11 is 0. The first-order valence-electron chi connectivity index (χ1n) is 11.9. The van der Waals surface area contributed by atoms with E-state index in [0.29, 0.717) is 10.8 Å². The molecule has 31 heavy (non-hydrogen) atoms. The van der Waals surface area contributed by atoms with Gasteiger partial charge < -0.3 is 9.64 Å². The van der Waals surface area contributed by atoms with Crippen molar-refractivity contribution >= 4 is 0 Å². The second-order valence-electron chi connectivity index (χ2n) is 10.3. The number of nitrogens with zero attached hydrogens (tertiary/aromatic N) is 3. The van der Waals surface area contributed by atoms with E-state index in [1.807, 2.05) is 0 Å². The normalized spacial score (nSPS) is 26.8. The zero-order valence-corrected chi connectivity index (χ0v) is 19.2. The molecule has 3 saturated heterocycles. The molecule has 4 nitrogen and oxygen atoms in total. The van der Waals surface area contributed by atoms with Crippen LogP contribution in [0, 0.1) is 10.8 Å². The van der Waals surface area contributed by atoms with Crippen molar-refractivity contribution in [1.29, 1.82) is 0 Å². The lowest BCUT2D eigenvalue weighted by molar-refractivity contribution is -0.0637. The van der Waals surface area contributed by atoms with Gasteiger partial charge in [-0.1, -0.05) is 42.5 Å². The molecule has 5 rings (SSSR count). The predicted molar refractivity (Wildman–Crippen MR) is 126 cm³/mol. The lowest BCUT2D eigenvalue weighted by atomic mass is 9.58. The Morgan fingerprint density at radius 1 is 0.742 bits per heavy atom. The van der Waals surface area contributed by atoms with Crippen molar-refractivity contribution in [3.05, 3.63) is 65.7 Å². The van der Waals surface area contributed by atoms with E-state index in [2.05, 4.69) is 76.3 Å². The zero-order chi connectivity index (χ0) is 21.3. The van der Waals surface area contributed by atoms with E-state index < -0.39 is 0 Å². The molecule has 0 N–H and O–H groups in total. The van der Waals surface area contributed by atoms with Crippen molar-refractivity contribution < 1.29 is 4.74 Å². The fourth-order valence-electron chi connectivity index (χ4n) is 6.71. The largest absolute Gasteiger partial charge is 0.497 e. The molecule has 2 spiro atoms. The Kier molecular flexibility index (Phi) is 5.80. The molecular weight excluding hydrogens is 382 g/mol. The van der Waals surface area contributed by atoms with Crippen LogP contribution >= 0.6 is 0 Å². The lowest BCUT2D eigenvalue weighted by Gasteiger charge is -2.56. The number of ether oxygens (including phenoxy) is 1. The van der Waals surface area contributed by atoms with E-state index in [9.17, 15) is 0 Å². The standard InChI is InChI=1S/C27H37N3O/c1-28-19-27(20-28)22-30(18-23-7-4-3-5-8-23)21-26(27)13-6-15-29(16-14-26)17-24-9-11-25(31-2)12-10-24/h3-5,7-12H,6,13-22H2,1-2H3/t26-/m1/s1. The van der Waals surface area contributed by atoms with Crippen LogP contribution in [-0.2, 0) is 13.1 Å². The van der Waals surface area contributed by atoms with Gasteiger partial charge in [-0.15, -0.1) is 0 Å². The van der Waals surface area contributed by atoms with Crippen LogP contribution in [0.1, 0.15) is 30.4 Å². The average molecular weight is 420 g/mol. The first-order chi connectivity index (χ1) is 15.1. The number of methoxy groups -OCH3 is 1. The van der Waals surface area contributed by atoms with Crippen molar-refractivity contribution in [3.8, 4) is 5.75 Å². The van der Waals surface area contributed by atoms with Crippen molar-refractivity contribution in [2.75, 3.05) is 53.4 Å². The summed E-state index contributed by atoms with van der Waals surface area (Å²) in [4.78, 5) is 7.99. The highest BCUT2D eigenvalue weighted by Gasteiger charge is 2.61. The molecule has 3 heterocycles. The molecule has 0 radical (unpaired) electrons. The minimum Gasteiger partial charge on any atom is -0.497 e. The van der Waals surface area contributed by atoms with E-state index >= 15 is 0 Å². The number of hydrogen-bond acceptors (Lipinski definition) is 4. The van der Waals surface area contributed by atoms with Crippen LogP contribution in [0.3, 0.4) is 0 Å². The molecule has 0 aromatic heterocycles. The fraction of sp³-hybridized carbons (Fsp3) is 0.556. The fourth-order valence-corrected chi connectivity index (χ4v) is 6.71. The van der Waals surface area contributed by atoms with Crippen LogP contribution in [-0.4, -0.2) is 68.1 Å². The quantitative estimate of drug-likeness (QED) is 0.726. The van der Waals surface area contributed by atoms with Crippen molar-refractivity contribution in [3.63, 3.8) is 0 Å². The van der Waals surface area contributed by atoms with Crippen LogP contribution in [0.4, 0.5) is 0 Å². The van der Waals surface area contributed by atoms with Crippen molar-refractivity contribution in [2.24, 2.45) is 10.8 Å². The van der Waals surface area contributed by atoms with Gasteiger partial charge in [0.15, 0.2) is 0 Å². The van der Waals surface area contributed by atoms with Crippen molar-refractivity contribution in [2.45, 2.75) is 32.4 Å². The average Bonchev–Trinajstić information content (AvgIpc) is 2.91. The van der Waals surface area contributed by atoms with Gasteiger partial charge in [0.25, 0.3) is 0 Å². The number of fused-ring (bicyclic) bond motifs is 1. The van der Waals surface area contributed by atoms with E-state index in [4.69, 9.17) is 4.74 Å². The van der Waals surface area contributed by atoms with E-state index in [1.165, 1.54) is 69.7 Å². The minimum atomic E-state index is 0.475. The maximum Gasteiger partial charge on any atom is 0.118 e. The van der Waals surface area contributed by atoms with Gasteiger partial charge in [0, 0.05) is 44.7 Å². The van der Waals surface area contributed by atoms with E-state index in [1.54, 1.807) is 7.11 Å². The number of benzene rings is 2. The summed E-state index contributed by atoms with van der Waals surface area (Å²) in [7, 11) is 4.03. The van der Waals surface area contributed by atoms with Crippen LogP contribution < -0.4 is 4.74 Å². The third-order valence-corrected chi connectivity index (χ3v) is 8.17. The van der Waals surface area contributed by atoms with Crippen LogP contribution in [0.2, 0.25) is 0 Å². The molecule has 3 aliphatic heterocycles. The summed E-state index contributed by atoms with van der Waals surface area (Å²) in [5, 5.41) is 0. The van der Waals surface area contributed by atoms with Gasteiger partial charge in [-0.3, -0.25) is 9.80 Å². The Morgan fingerprint density at radius 2 is 1.42 bits per heavy atom. The van der Waals surface area contributed by atoms with Gasteiger partial charge in [-0.25, -0.2) is 0 Å². The number of rotatable bonds is 5. The van der Waals surface area contributed by atoms with Crippen LogP contribution in [0.5, 0.6) is 5.75 Å². The van der Waals surface area contributed by atoms with Crippen LogP contribution in [0.25, 0.3) is 0 Å². The molecule has 166 valence electrons. The molecule has 0 bridgehead atoms. The molecule has 0 saturated carbocycles. The summed E-state index contributed by atoms with van der Waals surface area (Å²) in [6.45, 7) is 9.68. The van der Waals surface area contributed by atoms with E-state index in [0.717, 1.165) is 18.8 Å². The summed E-state index contributed by atoms with van der Waals surface area (Å²) < 4.78 is 5.32. The Bertz CT molecular complexity index is 862. The monoisotopic (exact) mass is 419 g/mol. The molecule has 2 aromatic carbocycles. The highest BCUT2D eigenvalue weighted by atomic mass is 16.5. The van der Waals surface area contributed by atoms with Crippen molar-refractivity contribution in [1.82, 2.24) is 14.7 Å². The molecule has 4 heteroatoms. The molecule has 0 amide bonds. The topological polar surface area (TPSA) is 19.0 Å². The maximum atomic E-state index is 5.32. The first kappa shape index (κ1) is 21.0. The van der Waals surface area contributed by atoms with Gasteiger partial charge >= 0.3 is 0 Å². The first-order valence-corrected chi connectivity index (χ1v) is 11.9. The van der Waals surface area contributed by atoms with Gasteiger partial charge in [0.1, 0.15) is 5.75 Å². The SMILES string of the molecule is COc1ccc(CN2CCC[C@@]3(CC2)CN(Cc2ccccc2)CC32CN(C)C2)cc1. The zero-order valence-electron chi connectivity index (χ0n) is 19.2. The second kappa shape index (κ2) is 8.57. The van der Waals surface area contributed by atoms with Gasteiger partial charge in [0.2, 0.25) is 0 Å². The molecule has 3 aliphatic rings. The van der Waals surface area contributed by atoms with Crippen LogP contribution in [0.15, 0.2) is 54.6 Å². The minimum absolute atomic E-state index is 0.475. The highest BCUT2D eigenvalue weighted by Crippen LogP contribution is 2.57. The predicted octanol–water partition coefficient (Wildman–Crippen LogP) is 4.12. The maximum absolute atomic E-state index is 5.32. The molecular formula is C27H37N3O. The molecule has 1 atom stereocenters. The Hall–Kier alpha value is -1.88.